The minimum Gasteiger partial charge on any atom is -0.392 e. The Balaban J connectivity index is 2.42. The average molecular weight is 272 g/mol. The summed E-state index contributed by atoms with van der Waals surface area (Å²) in [6, 6.07) is 1.64. The molecule has 0 bridgehead atoms. The second-order valence-corrected chi connectivity index (χ2v) is 4.16. The van der Waals surface area contributed by atoms with E-state index in [0.29, 0.717) is 10.8 Å². The van der Waals surface area contributed by atoms with E-state index in [1.54, 1.807) is 6.07 Å². The Bertz CT molecular complexity index is 599. The molecule has 0 saturated carbocycles. The predicted molar refractivity (Wildman–Crippen MR) is 57.9 cm³/mol. The van der Waals surface area contributed by atoms with Crippen LogP contribution >= 0.6 is 0 Å². The van der Waals surface area contributed by atoms with Gasteiger partial charge in [0.1, 0.15) is 12.2 Å². The van der Waals surface area contributed by atoms with E-state index in [1.165, 1.54) is 0 Å². The maximum Gasteiger partial charge on any atom is 0.351 e. The summed E-state index contributed by atoms with van der Waals surface area (Å²) in [7, 11) is 0. The van der Waals surface area contributed by atoms with Crippen LogP contribution in [0.15, 0.2) is 11.0 Å². The number of aliphatic hydroxyl groups is 1. The van der Waals surface area contributed by atoms with Crippen molar-refractivity contribution in [3.63, 3.8) is 0 Å². The Morgan fingerprint density at radius 2 is 2.47 bits per heavy atom. The molecule has 7 nitrogen and oxygen atoms in total. The SMILES string of the molecule is N#C[C@@]1(CO)C[C@H](F)[C@H](n2cc(F)c(N)nc2=O)O1. The molecule has 0 radical (unpaired) electrons. The van der Waals surface area contributed by atoms with Gasteiger partial charge in [0.25, 0.3) is 0 Å². The van der Waals surface area contributed by atoms with Crippen LogP contribution in [-0.2, 0) is 4.74 Å². The molecule has 19 heavy (non-hydrogen) atoms. The molecule has 1 fully saturated rings. The van der Waals surface area contributed by atoms with Gasteiger partial charge >= 0.3 is 5.69 Å². The summed E-state index contributed by atoms with van der Waals surface area (Å²) in [5, 5.41) is 17.9. The second kappa shape index (κ2) is 4.56. The highest BCUT2D eigenvalue weighted by atomic mass is 19.1. The number of nitrogens with zero attached hydrogens (tertiary/aromatic N) is 3. The highest BCUT2D eigenvalue weighted by Gasteiger charge is 2.48. The van der Waals surface area contributed by atoms with Crippen molar-refractivity contribution in [1.82, 2.24) is 9.55 Å². The molecule has 2 heterocycles. The van der Waals surface area contributed by atoms with Crippen LogP contribution in [0.3, 0.4) is 0 Å². The highest BCUT2D eigenvalue weighted by Crippen LogP contribution is 2.37. The van der Waals surface area contributed by atoms with Crippen molar-refractivity contribution in [2.75, 3.05) is 12.3 Å². The van der Waals surface area contributed by atoms with Crippen LogP contribution in [0.5, 0.6) is 0 Å². The number of anilines is 1. The summed E-state index contributed by atoms with van der Waals surface area (Å²) in [5.41, 5.74) is 2.35. The van der Waals surface area contributed by atoms with Gasteiger partial charge in [0.15, 0.2) is 23.5 Å². The summed E-state index contributed by atoms with van der Waals surface area (Å²) in [5.74, 6) is -1.61. The predicted octanol–water partition coefficient (Wildman–Crippen LogP) is -0.524. The summed E-state index contributed by atoms with van der Waals surface area (Å²) >= 11 is 0. The summed E-state index contributed by atoms with van der Waals surface area (Å²) < 4.78 is 32.7. The molecule has 0 amide bonds. The van der Waals surface area contributed by atoms with Gasteiger partial charge in [0.2, 0.25) is 0 Å². The van der Waals surface area contributed by atoms with Gasteiger partial charge in [0, 0.05) is 6.42 Å². The minimum atomic E-state index is -1.76. The average Bonchev–Trinajstić information content (AvgIpc) is 2.72. The van der Waals surface area contributed by atoms with Gasteiger partial charge in [-0.2, -0.15) is 10.2 Å². The van der Waals surface area contributed by atoms with E-state index < -0.39 is 48.4 Å². The van der Waals surface area contributed by atoms with Crippen molar-refractivity contribution in [2.45, 2.75) is 24.4 Å². The summed E-state index contributed by atoms with van der Waals surface area (Å²) in [6.45, 7) is -0.736. The zero-order valence-corrected chi connectivity index (χ0v) is 9.58. The van der Waals surface area contributed by atoms with Gasteiger partial charge in [0.05, 0.1) is 12.8 Å². The van der Waals surface area contributed by atoms with Gasteiger partial charge < -0.3 is 15.6 Å². The maximum atomic E-state index is 13.8. The fourth-order valence-electron chi connectivity index (χ4n) is 1.85. The Morgan fingerprint density at radius 1 is 1.79 bits per heavy atom. The van der Waals surface area contributed by atoms with Crippen LogP contribution in [0, 0.1) is 17.1 Å². The first-order valence-electron chi connectivity index (χ1n) is 5.30. The van der Waals surface area contributed by atoms with Crippen molar-refractivity contribution >= 4 is 5.82 Å². The zero-order valence-electron chi connectivity index (χ0n) is 9.58. The fraction of sp³-hybridized carbons (Fsp3) is 0.500. The van der Waals surface area contributed by atoms with Crippen molar-refractivity contribution in [1.29, 1.82) is 5.26 Å². The first kappa shape index (κ1) is 13.4. The largest absolute Gasteiger partial charge is 0.392 e. The van der Waals surface area contributed by atoms with E-state index in [-0.39, 0.29) is 0 Å². The Morgan fingerprint density at radius 3 is 3.00 bits per heavy atom. The third kappa shape index (κ3) is 2.16. The lowest BCUT2D eigenvalue weighted by Crippen LogP contribution is -2.34. The van der Waals surface area contributed by atoms with E-state index in [9.17, 15) is 13.6 Å². The van der Waals surface area contributed by atoms with Gasteiger partial charge in [-0.3, -0.25) is 4.57 Å². The topological polar surface area (TPSA) is 114 Å². The van der Waals surface area contributed by atoms with Crippen LogP contribution in [-0.4, -0.2) is 33.0 Å². The van der Waals surface area contributed by atoms with Crippen LogP contribution in [0.4, 0.5) is 14.6 Å². The van der Waals surface area contributed by atoms with Crippen molar-refractivity contribution < 1.29 is 18.6 Å². The molecule has 0 unspecified atom stereocenters. The van der Waals surface area contributed by atoms with Crippen LogP contribution in [0.25, 0.3) is 0 Å². The molecule has 1 saturated heterocycles. The molecule has 9 heteroatoms. The third-order valence-corrected chi connectivity index (χ3v) is 2.85. The van der Waals surface area contributed by atoms with Crippen LogP contribution in [0.1, 0.15) is 12.6 Å². The van der Waals surface area contributed by atoms with E-state index in [0.717, 1.165) is 0 Å². The maximum absolute atomic E-state index is 13.8. The molecular formula is C10H10F2N4O3. The molecule has 0 aromatic carbocycles. The number of halogens is 2. The second-order valence-electron chi connectivity index (χ2n) is 4.16. The molecule has 1 aliphatic rings. The van der Waals surface area contributed by atoms with Crippen molar-refractivity contribution in [3.8, 4) is 6.07 Å². The fourth-order valence-corrected chi connectivity index (χ4v) is 1.85. The van der Waals surface area contributed by atoms with Crippen molar-refractivity contribution in [2.24, 2.45) is 0 Å². The minimum absolute atomic E-state index is 0.427. The number of hydrogen-bond donors (Lipinski definition) is 2. The van der Waals surface area contributed by atoms with Gasteiger partial charge in [-0.05, 0) is 0 Å². The number of aliphatic hydroxyl groups excluding tert-OH is 1. The van der Waals surface area contributed by atoms with E-state index in [4.69, 9.17) is 20.8 Å². The first-order valence-corrected chi connectivity index (χ1v) is 5.30. The zero-order chi connectivity index (χ0) is 14.2. The number of alkyl halides is 1. The number of ether oxygens (including phenoxy) is 1. The lowest BCUT2D eigenvalue weighted by Gasteiger charge is -2.19. The van der Waals surface area contributed by atoms with Gasteiger partial charge in [-0.15, -0.1) is 0 Å². The molecule has 102 valence electrons. The lowest BCUT2D eigenvalue weighted by molar-refractivity contribution is -0.0755. The number of nitriles is 1. The smallest absolute Gasteiger partial charge is 0.351 e. The first-order chi connectivity index (χ1) is 8.92. The standard InChI is InChI=1S/C10H10F2N4O3/c11-5-1-10(3-13,4-17)19-8(5)16-2-6(12)7(14)15-9(16)18/h2,5,8,17H,1,4H2,(H2,14,15,18)/t5-,8+,10+/m0/s1. The van der Waals surface area contributed by atoms with E-state index in [1.807, 2.05) is 0 Å². The molecule has 0 aliphatic carbocycles. The number of nitrogen functional groups attached to an aromatic ring is 1. The lowest BCUT2D eigenvalue weighted by atomic mass is 10.0. The van der Waals surface area contributed by atoms with Crippen molar-refractivity contribution in [3.05, 3.63) is 22.5 Å². The molecule has 0 spiro atoms. The summed E-state index contributed by atoms with van der Waals surface area (Å²) in [6.07, 6.45) is -3.05. The molecule has 3 atom stereocenters. The molecule has 1 aromatic heterocycles. The van der Waals surface area contributed by atoms with Crippen LogP contribution < -0.4 is 11.4 Å². The number of rotatable bonds is 2. The molecule has 1 aliphatic heterocycles. The highest BCUT2D eigenvalue weighted by molar-refractivity contribution is 5.26. The Labute approximate surface area is 105 Å². The summed E-state index contributed by atoms with van der Waals surface area (Å²) in [4.78, 5) is 14.7. The molecule has 3 N–H and O–H groups in total. The number of nitrogens with two attached hydrogens (primary N) is 1. The Hall–Kier alpha value is -2.05. The van der Waals surface area contributed by atoms with Crippen LogP contribution in [0.2, 0.25) is 0 Å². The quantitative estimate of drug-likeness (QED) is 0.748. The number of aromatic nitrogens is 2. The van der Waals surface area contributed by atoms with Gasteiger partial charge in [-0.25, -0.2) is 13.6 Å². The van der Waals surface area contributed by atoms with E-state index >= 15 is 0 Å². The third-order valence-electron chi connectivity index (χ3n) is 2.85. The number of hydrogen-bond acceptors (Lipinski definition) is 6. The monoisotopic (exact) mass is 272 g/mol. The molecular weight excluding hydrogens is 262 g/mol. The normalized spacial score (nSPS) is 30.2. The molecule has 1 aromatic rings. The van der Waals surface area contributed by atoms with Gasteiger partial charge in [-0.1, -0.05) is 0 Å². The van der Waals surface area contributed by atoms with E-state index in [2.05, 4.69) is 4.98 Å². The molecule has 2 rings (SSSR count). The Kier molecular flexibility index (Phi) is 3.21.